The Morgan fingerprint density at radius 3 is 2.24 bits per heavy atom. The third-order valence-electron chi connectivity index (χ3n) is 5.91. The molecule has 1 aliphatic carbocycles. The van der Waals surface area contributed by atoms with Crippen LogP contribution in [0.4, 0.5) is 11.4 Å². The minimum Gasteiger partial charge on any atom is -0.343 e. The van der Waals surface area contributed by atoms with Crippen LogP contribution in [-0.2, 0) is 9.59 Å². The lowest BCUT2D eigenvalue weighted by Crippen LogP contribution is -2.43. The number of benzene rings is 2. The fourth-order valence-electron chi connectivity index (χ4n) is 4.06. The van der Waals surface area contributed by atoms with Gasteiger partial charge in [0, 0.05) is 30.8 Å². The van der Waals surface area contributed by atoms with Gasteiger partial charge < -0.3 is 10.2 Å². The number of non-ortho nitro benzene ring substituents is 1. The lowest BCUT2D eigenvalue weighted by Gasteiger charge is -2.31. The summed E-state index contributed by atoms with van der Waals surface area (Å²) in [4.78, 5) is 51.7. The second-order valence-corrected chi connectivity index (χ2v) is 7.84. The van der Waals surface area contributed by atoms with Gasteiger partial charge in [-0.1, -0.05) is 42.5 Å². The number of nitro groups is 1. The van der Waals surface area contributed by atoms with E-state index in [1.165, 1.54) is 18.2 Å². The molecule has 172 valence electrons. The van der Waals surface area contributed by atoms with Crippen LogP contribution in [0.2, 0.25) is 0 Å². The van der Waals surface area contributed by atoms with Gasteiger partial charge >= 0.3 is 0 Å². The first-order chi connectivity index (χ1) is 15.9. The van der Waals surface area contributed by atoms with E-state index in [0.717, 1.165) is 0 Å². The van der Waals surface area contributed by atoms with E-state index in [1.54, 1.807) is 35.2 Å². The minimum atomic E-state index is -0.599. The van der Waals surface area contributed by atoms with Crippen LogP contribution in [0.3, 0.4) is 0 Å². The first-order valence-electron chi connectivity index (χ1n) is 11.0. The average Bonchev–Trinajstić information content (AvgIpc) is 2.84. The summed E-state index contributed by atoms with van der Waals surface area (Å²) in [6.07, 6.45) is 4.65. The van der Waals surface area contributed by atoms with Crippen LogP contribution in [0.15, 0.2) is 60.7 Å². The molecule has 2 aromatic carbocycles. The fourth-order valence-corrected chi connectivity index (χ4v) is 4.06. The van der Waals surface area contributed by atoms with Crippen LogP contribution in [0, 0.1) is 22.0 Å². The number of nitro benzene ring substituents is 1. The molecule has 8 nitrogen and oxygen atoms in total. The van der Waals surface area contributed by atoms with Crippen molar-refractivity contribution in [3.63, 3.8) is 0 Å². The zero-order valence-electron chi connectivity index (χ0n) is 18.7. The van der Waals surface area contributed by atoms with E-state index >= 15 is 0 Å². The zero-order valence-corrected chi connectivity index (χ0v) is 18.7. The molecule has 0 heterocycles. The van der Waals surface area contributed by atoms with Crippen LogP contribution in [-0.4, -0.2) is 40.5 Å². The number of anilines is 1. The van der Waals surface area contributed by atoms with E-state index in [9.17, 15) is 24.5 Å². The number of ketones is 1. The van der Waals surface area contributed by atoms with Gasteiger partial charge in [0.05, 0.1) is 28.0 Å². The number of nitrogens with zero attached hydrogens (tertiary/aromatic N) is 2. The van der Waals surface area contributed by atoms with Crippen molar-refractivity contribution in [2.75, 3.05) is 18.4 Å². The Kier molecular flexibility index (Phi) is 7.71. The van der Waals surface area contributed by atoms with Crippen molar-refractivity contribution in [1.29, 1.82) is 0 Å². The van der Waals surface area contributed by atoms with Crippen molar-refractivity contribution < 1.29 is 19.3 Å². The van der Waals surface area contributed by atoms with Gasteiger partial charge in [-0.3, -0.25) is 24.5 Å². The molecule has 0 radical (unpaired) electrons. The summed E-state index contributed by atoms with van der Waals surface area (Å²) in [6, 6.07) is 12.2. The van der Waals surface area contributed by atoms with Crippen molar-refractivity contribution in [1.82, 2.24) is 4.90 Å². The molecule has 2 aromatic rings. The Bertz CT molecular complexity index is 1080. The molecule has 33 heavy (non-hydrogen) atoms. The highest BCUT2D eigenvalue weighted by atomic mass is 16.6. The number of amides is 2. The molecule has 2 unspecified atom stereocenters. The third kappa shape index (κ3) is 5.34. The van der Waals surface area contributed by atoms with Crippen molar-refractivity contribution in [3.8, 4) is 0 Å². The maximum Gasteiger partial charge on any atom is 0.270 e. The second-order valence-electron chi connectivity index (χ2n) is 7.84. The fraction of sp³-hybridized carbons (Fsp3) is 0.320. The summed E-state index contributed by atoms with van der Waals surface area (Å²) >= 11 is 0. The molecule has 1 N–H and O–H groups in total. The van der Waals surface area contributed by atoms with E-state index in [1.807, 2.05) is 26.0 Å². The number of carbonyl (C=O) groups excluding carboxylic acids is 3. The predicted octanol–water partition coefficient (Wildman–Crippen LogP) is 4.22. The van der Waals surface area contributed by atoms with Crippen LogP contribution < -0.4 is 5.32 Å². The Morgan fingerprint density at radius 1 is 1.00 bits per heavy atom. The highest BCUT2D eigenvalue weighted by Crippen LogP contribution is 2.31. The summed E-state index contributed by atoms with van der Waals surface area (Å²) < 4.78 is 0. The van der Waals surface area contributed by atoms with Gasteiger partial charge in [-0.25, -0.2) is 0 Å². The molecule has 2 amide bonds. The molecule has 8 heteroatoms. The van der Waals surface area contributed by atoms with Crippen LogP contribution >= 0.6 is 0 Å². The van der Waals surface area contributed by atoms with Gasteiger partial charge in [-0.05, 0) is 32.8 Å². The Balaban J connectivity index is 1.92. The van der Waals surface area contributed by atoms with Crippen molar-refractivity contribution in [2.24, 2.45) is 11.8 Å². The molecule has 0 aliphatic heterocycles. The average molecular weight is 450 g/mol. The third-order valence-corrected chi connectivity index (χ3v) is 5.91. The lowest BCUT2D eigenvalue weighted by molar-refractivity contribution is -0.384. The van der Waals surface area contributed by atoms with E-state index in [4.69, 9.17) is 0 Å². The number of nitrogens with one attached hydrogen (secondary N) is 1. The summed E-state index contributed by atoms with van der Waals surface area (Å²) in [5.41, 5.74) is 0.316. The highest BCUT2D eigenvalue weighted by molar-refractivity contribution is 6.14. The second kappa shape index (κ2) is 10.7. The summed E-state index contributed by atoms with van der Waals surface area (Å²) in [5.74, 6) is -2.00. The van der Waals surface area contributed by atoms with Gasteiger partial charge in [-0.15, -0.1) is 0 Å². The Morgan fingerprint density at radius 2 is 1.64 bits per heavy atom. The van der Waals surface area contributed by atoms with Gasteiger partial charge in [0.25, 0.3) is 5.69 Å². The molecule has 1 aliphatic rings. The van der Waals surface area contributed by atoms with Crippen molar-refractivity contribution in [3.05, 3.63) is 81.9 Å². The molecular weight excluding hydrogens is 422 g/mol. The zero-order chi connectivity index (χ0) is 24.0. The molecule has 0 fully saturated rings. The smallest absolute Gasteiger partial charge is 0.270 e. The minimum absolute atomic E-state index is 0.0294. The van der Waals surface area contributed by atoms with E-state index in [-0.39, 0.29) is 28.8 Å². The Labute approximate surface area is 192 Å². The molecule has 3 rings (SSSR count). The summed E-state index contributed by atoms with van der Waals surface area (Å²) in [7, 11) is 0. The highest BCUT2D eigenvalue weighted by Gasteiger charge is 2.36. The Hall–Kier alpha value is -3.81. The standard InChI is InChI=1S/C25H27N3O5/c1-3-27(4-2)25(31)20-13-9-8-12-19(20)24(30)26-22-15-14-18(28(32)33)16-21(22)23(29)17-10-6-5-7-11-17/h5-11,14-16,19-20H,3-4,12-13H2,1-2H3,(H,26,30). The number of hydrogen-bond donors (Lipinski definition) is 1. The van der Waals surface area contributed by atoms with E-state index in [0.29, 0.717) is 31.5 Å². The van der Waals surface area contributed by atoms with Crippen LogP contribution in [0.25, 0.3) is 0 Å². The summed E-state index contributed by atoms with van der Waals surface area (Å²) in [6.45, 7) is 4.91. The molecule has 0 saturated heterocycles. The first kappa shape index (κ1) is 23.8. The maximum absolute atomic E-state index is 13.3. The number of carbonyl (C=O) groups is 3. The van der Waals surface area contributed by atoms with Gasteiger partial charge in [-0.2, -0.15) is 0 Å². The van der Waals surface area contributed by atoms with Crippen LogP contribution in [0.5, 0.6) is 0 Å². The predicted molar refractivity (Wildman–Crippen MR) is 125 cm³/mol. The van der Waals surface area contributed by atoms with E-state index in [2.05, 4.69) is 5.32 Å². The molecule has 0 saturated carbocycles. The molecule has 0 aromatic heterocycles. The summed E-state index contributed by atoms with van der Waals surface area (Å²) in [5, 5.41) is 14.1. The van der Waals surface area contributed by atoms with Crippen molar-refractivity contribution >= 4 is 29.0 Å². The molecular formula is C25H27N3O5. The molecule has 0 bridgehead atoms. The van der Waals surface area contributed by atoms with Gasteiger partial charge in [0.2, 0.25) is 11.8 Å². The lowest BCUT2D eigenvalue weighted by atomic mass is 9.81. The SMILES string of the molecule is CCN(CC)C(=O)C1CC=CCC1C(=O)Nc1ccc([N+](=O)[O-])cc1C(=O)c1ccccc1. The first-order valence-corrected chi connectivity index (χ1v) is 11.0. The van der Waals surface area contributed by atoms with Crippen molar-refractivity contribution in [2.45, 2.75) is 26.7 Å². The number of allylic oxidation sites excluding steroid dienone is 2. The van der Waals surface area contributed by atoms with Crippen LogP contribution in [0.1, 0.15) is 42.6 Å². The maximum atomic E-state index is 13.3. The number of hydrogen-bond acceptors (Lipinski definition) is 5. The number of rotatable bonds is 8. The monoisotopic (exact) mass is 449 g/mol. The molecule has 2 atom stereocenters. The van der Waals surface area contributed by atoms with E-state index < -0.39 is 22.5 Å². The normalized spacial score (nSPS) is 17.3. The van der Waals surface area contributed by atoms with Gasteiger partial charge in [0.15, 0.2) is 5.78 Å². The molecule has 0 spiro atoms. The topological polar surface area (TPSA) is 110 Å². The largest absolute Gasteiger partial charge is 0.343 e. The quantitative estimate of drug-likeness (QED) is 0.281. The van der Waals surface area contributed by atoms with Gasteiger partial charge in [0.1, 0.15) is 0 Å².